The average molecular weight is 567 g/mol. The van der Waals surface area contributed by atoms with Gasteiger partial charge in [0.1, 0.15) is 55.4 Å². The minimum Gasteiger partial charge on any atom is -0.463 e. The first-order valence-electron chi connectivity index (χ1n) is 14.4. The lowest BCUT2D eigenvalue weighted by Gasteiger charge is -2.44. The van der Waals surface area contributed by atoms with Gasteiger partial charge in [-0.15, -0.1) is 0 Å². The van der Waals surface area contributed by atoms with Crippen LogP contribution in [0, 0.1) is 5.92 Å². The Morgan fingerprint density at radius 1 is 0.667 bits per heavy atom. The van der Waals surface area contributed by atoms with Gasteiger partial charge in [-0.05, 0) is 12.3 Å². The first-order valence-corrected chi connectivity index (χ1v) is 14.4. The van der Waals surface area contributed by atoms with Crippen LogP contribution in [0.15, 0.2) is 0 Å². The molecule has 0 saturated carbocycles. The summed E-state index contributed by atoms with van der Waals surface area (Å²) >= 11 is 0. The van der Waals surface area contributed by atoms with E-state index in [4.69, 9.17) is 18.9 Å². The SMILES string of the molecule is CC(C)CCCCCCCCCCCC(=O)OC[C@H]1O[C@H](O[C@H]2O[C@H](CO)[C@@H](O)[C@H](O)[C@H]2O)[C@H](O)[C@@H](O)[C@@H]1O. The number of aliphatic hydroxyl groups is 7. The smallest absolute Gasteiger partial charge is 0.305 e. The van der Waals surface area contributed by atoms with Gasteiger partial charge in [-0.1, -0.05) is 71.6 Å². The number of aliphatic hydroxyl groups excluding tert-OH is 7. The number of ether oxygens (including phenoxy) is 4. The standard InChI is InChI=1S/C27H50O12/c1-16(2)12-10-8-6-4-3-5-7-9-11-13-19(29)36-15-18-21(31)23(33)25(35)27(38-18)39-26-24(34)22(32)20(30)17(14-28)37-26/h16-18,20-28,30-35H,3-15H2,1-2H3/t17-,18-,20-,21-,22+,23+,24-,25-,26-,27-/m1/s1. The zero-order valence-electron chi connectivity index (χ0n) is 23.2. The number of carbonyl (C=O) groups excluding carboxylic acids is 1. The molecule has 0 aromatic heterocycles. The molecule has 2 heterocycles. The van der Waals surface area contributed by atoms with Gasteiger partial charge >= 0.3 is 5.97 Å². The van der Waals surface area contributed by atoms with Crippen molar-refractivity contribution in [1.82, 2.24) is 0 Å². The van der Waals surface area contributed by atoms with Crippen molar-refractivity contribution in [3.05, 3.63) is 0 Å². The molecule has 0 aromatic rings. The van der Waals surface area contributed by atoms with E-state index in [0.29, 0.717) is 6.42 Å². The molecule has 12 nitrogen and oxygen atoms in total. The van der Waals surface area contributed by atoms with E-state index in [1.54, 1.807) is 0 Å². The Hall–Kier alpha value is -0.930. The van der Waals surface area contributed by atoms with Crippen molar-refractivity contribution in [2.75, 3.05) is 13.2 Å². The number of rotatable bonds is 17. The minimum absolute atomic E-state index is 0.202. The van der Waals surface area contributed by atoms with Gasteiger partial charge in [-0.3, -0.25) is 4.79 Å². The Morgan fingerprint density at radius 3 is 1.64 bits per heavy atom. The van der Waals surface area contributed by atoms with Crippen LogP contribution in [0.2, 0.25) is 0 Å². The number of unbranched alkanes of at least 4 members (excludes halogenated alkanes) is 8. The predicted molar refractivity (Wildman–Crippen MR) is 138 cm³/mol. The van der Waals surface area contributed by atoms with Crippen molar-refractivity contribution < 1.29 is 59.5 Å². The summed E-state index contributed by atoms with van der Waals surface area (Å²) in [6.45, 7) is 3.41. The van der Waals surface area contributed by atoms with Crippen molar-refractivity contribution in [3.8, 4) is 0 Å². The molecule has 39 heavy (non-hydrogen) atoms. The van der Waals surface area contributed by atoms with E-state index in [0.717, 1.165) is 25.2 Å². The maximum absolute atomic E-state index is 12.2. The maximum Gasteiger partial charge on any atom is 0.305 e. The lowest BCUT2D eigenvalue weighted by Crippen LogP contribution is -2.63. The minimum atomic E-state index is -1.76. The average Bonchev–Trinajstić information content (AvgIpc) is 2.91. The molecule has 7 N–H and O–H groups in total. The first kappa shape index (κ1) is 34.3. The van der Waals surface area contributed by atoms with Crippen LogP contribution in [-0.4, -0.2) is 116 Å². The third-order valence-electron chi connectivity index (χ3n) is 7.36. The summed E-state index contributed by atoms with van der Waals surface area (Å²) in [5, 5.41) is 70.0. The van der Waals surface area contributed by atoms with Gasteiger partial charge in [0.2, 0.25) is 0 Å². The normalized spacial score (nSPS) is 35.3. The molecular weight excluding hydrogens is 516 g/mol. The molecule has 2 saturated heterocycles. The lowest BCUT2D eigenvalue weighted by atomic mass is 9.98. The Morgan fingerprint density at radius 2 is 1.13 bits per heavy atom. The monoisotopic (exact) mass is 566 g/mol. The third kappa shape index (κ3) is 11.1. The van der Waals surface area contributed by atoms with Crippen molar-refractivity contribution in [2.24, 2.45) is 5.92 Å². The van der Waals surface area contributed by atoms with E-state index in [-0.39, 0.29) is 6.42 Å². The summed E-state index contributed by atoms with van der Waals surface area (Å²) in [4.78, 5) is 12.2. The fraction of sp³-hybridized carbons (Fsp3) is 0.963. The molecule has 0 spiro atoms. The lowest BCUT2D eigenvalue weighted by molar-refractivity contribution is -0.376. The predicted octanol–water partition coefficient (Wildman–Crippen LogP) is 0.101. The second kappa shape index (κ2) is 17.8. The van der Waals surface area contributed by atoms with E-state index in [2.05, 4.69) is 13.8 Å². The van der Waals surface area contributed by atoms with Crippen molar-refractivity contribution >= 4 is 5.97 Å². The Bertz CT molecular complexity index is 677. The van der Waals surface area contributed by atoms with Crippen LogP contribution in [0.5, 0.6) is 0 Å². The van der Waals surface area contributed by atoms with E-state index in [9.17, 15) is 40.5 Å². The highest BCUT2D eigenvalue weighted by atomic mass is 16.8. The Labute approximate surface area is 230 Å². The fourth-order valence-electron chi connectivity index (χ4n) is 4.79. The molecule has 12 heteroatoms. The van der Waals surface area contributed by atoms with Gasteiger partial charge in [-0.2, -0.15) is 0 Å². The van der Waals surface area contributed by atoms with Crippen LogP contribution in [0.4, 0.5) is 0 Å². The van der Waals surface area contributed by atoms with Gasteiger partial charge in [-0.25, -0.2) is 0 Å². The van der Waals surface area contributed by atoms with Gasteiger partial charge in [0.05, 0.1) is 6.61 Å². The molecule has 2 aliphatic rings. The van der Waals surface area contributed by atoms with Crippen LogP contribution >= 0.6 is 0 Å². The van der Waals surface area contributed by atoms with Gasteiger partial charge in [0.15, 0.2) is 12.6 Å². The molecule has 10 atom stereocenters. The second-order valence-corrected chi connectivity index (χ2v) is 11.1. The molecule has 0 unspecified atom stereocenters. The zero-order chi connectivity index (χ0) is 28.9. The summed E-state index contributed by atoms with van der Waals surface area (Å²) in [5.74, 6) is 0.287. The molecule has 0 radical (unpaired) electrons. The van der Waals surface area contributed by atoms with Crippen LogP contribution in [-0.2, 0) is 23.7 Å². The molecule has 2 aliphatic heterocycles. The first-order chi connectivity index (χ1) is 18.6. The largest absolute Gasteiger partial charge is 0.463 e. The highest BCUT2D eigenvalue weighted by Crippen LogP contribution is 2.28. The van der Waals surface area contributed by atoms with Crippen LogP contribution in [0.1, 0.15) is 84.5 Å². The summed E-state index contributed by atoms with van der Waals surface area (Å²) in [7, 11) is 0. The van der Waals surface area contributed by atoms with Crippen molar-refractivity contribution in [1.29, 1.82) is 0 Å². The fourth-order valence-corrected chi connectivity index (χ4v) is 4.79. The molecule has 0 bridgehead atoms. The van der Waals surface area contributed by atoms with Gasteiger partial charge in [0, 0.05) is 6.42 Å². The van der Waals surface area contributed by atoms with E-state index in [1.165, 1.54) is 38.5 Å². The molecule has 230 valence electrons. The van der Waals surface area contributed by atoms with Gasteiger partial charge < -0.3 is 54.7 Å². The number of hydrogen-bond acceptors (Lipinski definition) is 12. The summed E-state index contributed by atoms with van der Waals surface area (Å²) in [5.41, 5.74) is 0. The van der Waals surface area contributed by atoms with E-state index < -0.39 is 80.6 Å². The van der Waals surface area contributed by atoms with Crippen molar-refractivity contribution in [3.63, 3.8) is 0 Å². The van der Waals surface area contributed by atoms with Crippen LogP contribution in [0.3, 0.4) is 0 Å². The molecular formula is C27H50O12. The number of hydrogen-bond donors (Lipinski definition) is 7. The highest BCUT2D eigenvalue weighted by molar-refractivity contribution is 5.69. The quantitative estimate of drug-likeness (QED) is 0.0928. The number of esters is 1. The Balaban J connectivity index is 1.67. The molecule has 0 aromatic carbocycles. The van der Waals surface area contributed by atoms with Crippen LogP contribution < -0.4 is 0 Å². The van der Waals surface area contributed by atoms with Crippen LogP contribution in [0.25, 0.3) is 0 Å². The molecule has 0 amide bonds. The zero-order valence-corrected chi connectivity index (χ0v) is 23.2. The summed E-state index contributed by atoms with van der Waals surface area (Å²) in [6, 6.07) is 0. The molecule has 2 rings (SSSR count). The summed E-state index contributed by atoms with van der Waals surface area (Å²) < 4.78 is 21.3. The van der Waals surface area contributed by atoms with Gasteiger partial charge in [0.25, 0.3) is 0 Å². The second-order valence-electron chi connectivity index (χ2n) is 11.1. The Kier molecular flexibility index (Phi) is 15.6. The maximum atomic E-state index is 12.2. The van der Waals surface area contributed by atoms with Crippen molar-refractivity contribution in [2.45, 2.75) is 146 Å². The third-order valence-corrected chi connectivity index (χ3v) is 7.36. The summed E-state index contributed by atoms with van der Waals surface area (Å²) in [6.07, 6.45) is -4.36. The highest BCUT2D eigenvalue weighted by Gasteiger charge is 2.49. The van der Waals surface area contributed by atoms with E-state index in [1.807, 2.05) is 0 Å². The topological polar surface area (TPSA) is 196 Å². The molecule has 0 aliphatic carbocycles. The van der Waals surface area contributed by atoms with E-state index >= 15 is 0 Å². The molecule has 2 fully saturated rings. The number of carbonyl (C=O) groups is 1.